The van der Waals surface area contributed by atoms with Gasteiger partial charge in [0, 0.05) is 12.2 Å². The molecule has 0 fully saturated rings. The molecule has 0 aliphatic heterocycles. The van der Waals surface area contributed by atoms with E-state index in [-0.39, 0.29) is 12.5 Å². The van der Waals surface area contributed by atoms with E-state index in [4.69, 9.17) is 4.74 Å². The Hall–Kier alpha value is -2.29. The van der Waals surface area contributed by atoms with E-state index in [1.165, 1.54) is 0 Å². The second kappa shape index (κ2) is 7.48. The van der Waals surface area contributed by atoms with E-state index < -0.39 is 0 Å². The summed E-state index contributed by atoms with van der Waals surface area (Å²) in [5.41, 5.74) is 2.07. The number of hydrogen-bond donors (Lipinski definition) is 0. The molecule has 0 aliphatic rings. The Kier molecular flexibility index (Phi) is 5.38. The summed E-state index contributed by atoms with van der Waals surface area (Å²) in [6.07, 6.45) is 0.908. The zero-order valence-corrected chi connectivity index (χ0v) is 12.6. The van der Waals surface area contributed by atoms with E-state index in [1.54, 1.807) is 4.90 Å². The first kappa shape index (κ1) is 15.1. The Balaban J connectivity index is 2.05. The molecule has 0 spiro atoms. The van der Waals surface area contributed by atoms with E-state index in [0.29, 0.717) is 12.3 Å². The van der Waals surface area contributed by atoms with Crippen molar-refractivity contribution in [1.29, 1.82) is 0 Å². The first-order valence-corrected chi connectivity index (χ1v) is 7.25. The number of nitrogens with zero attached hydrogens (tertiary/aromatic N) is 1. The maximum absolute atomic E-state index is 12.4. The molecule has 2 aromatic rings. The number of anilines is 1. The third kappa shape index (κ3) is 4.35. The molecule has 0 atom stereocenters. The molecule has 0 N–H and O–H groups in total. The van der Waals surface area contributed by atoms with Crippen LogP contribution in [0.2, 0.25) is 0 Å². The van der Waals surface area contributed by atoms with Crippen molar-refractivity contribution in [2.75, 3.05) is 18.1 Å². The summed E-state index contributed by atoms with van der Waals surface area (Å²) in [4.78, 5) is 14.2. The maximum atomic E-state index is 12.4. The highest BCUT2D eigenvalue weighted by Gasteiger charge is 2.15. The van der Waals surface area contributed by atoms with Gasteiger partial charge in [0.15, 0.2) is 6.61 Å². The minimum Gasteiger partial charge on any atom is -0.484 e. The van der Waals surface area contributed by atoms with Crippen molar-refractivity contribution < 1.29 is 9.53 Å². The van der Waals surface area contributed by atoms with E-state index in [9.17, 15) is 4.79 Å². The topological polar surface area (TPSA) is 29.5 Å². The van der Waals surface area contributed by atoms with Gasteiger partial charge in [-0.3, -0.25) is 4.79 Å². The fraction of sp³-hybridized carbons (Fsp3) is 0.278. The van der Waals surface area contributed by atoms with E-state index in [1.807, 2.05) is 61.5 Å². The van der Waals surface area contributed by atoms with Crippen LogP contribution in [0.25, 0.3) is 0 Å². The lowest BCUT2D eigenvalue weighted by molar-refractivity contribution is -0.120. The molecule has 0 saturated carbocycles. The van der Waals surface area contributed by atoms with Crippen molar-refractivity contribution >= 4 is 11.6 Å². The van der Waals surface area contributed by atoms with Crippen molar-refractivity contribution in [1.82, 2.24) is 0 Å². The Bertz CT molecular complexity index is 581. The van der Waals surface area contributed by atoms with Crippen LogP contribution in [0.15, 0.2) is 54.6 Å². The number of hydrogen-bond acceptors (Lipinski definition) is 2. The zero-order valence-electron chi connectivity index (χ0n) is 12.6. The molecule has 0 saturated heterocycles. The molecule has 0 unspecified atom stereocenters. The summed E-state index contributed by atoms with van der Waals surface area (Å²) in [5.74, 6) is 0.692. The normalized spacial score (nSPS) is 10.2. The van der Waals surface area contributed by atoms with Gasteiger partial charge in [-0.2, -0.15) is 0 Å². The third-order valence-corrected chi connectivity index (χ3v) is 3.17. The molecule has 0 radical (unpaired) electrons. The number of carbonyl (C=O) groups excluding carboxylic acids is 1. The predicted octanol–water partition coefficient (Wildman–Crippen LogP) is 3.82. The van der Waals surface area contributed by atoms with Crippen LogP contribution < -0.4 is 9.64 Å². The third-order valence-electron chi connectivity index (χ3n) is 3.17. The molecule has 1 amide bonds. The van der Waals surface area contributed by atoms with E-state index in [2.05, 4.69) is 6.92 Å². The molecule has 0 bridgehead atoms. The van der Waals surface area contributed by atoms with Gasteiger partial charge in [0.1, 0.15) is 5.75 Å². The lowest BCUT2D eigenvalue weighted by atomic mass is 10.2. The van der Waals surface area contributed by atoms with Crippen LogP contribution in [0, 0.1) is 6.92 Å². The van der Waals surface area contributed by atoms with Crippen LogP contribution in [0.5, 0.6) is 5.75 Å². The van der Waals surface area contributed by atoms with Gasteiger partial charge in [0.05, 0.1) is 0 Å². The first-order chi connectivity index (χ1) is 10.2. The monoisotopic (exact) mass is 283 g/mol. The van der Waals surface area contributed by atoms with E-state index in [0.717, 1.165) is 17.7 Å². The number of amides is 1. The van der Waals surface area contributed by atoms with Crippen molar-refractivity contribution in [3.63, 3.8) is 0 Å². The second-order valence-corrected chi connectivity index (χ2v) is 4.99. The van der Waals surface area contributed by atoms with Crippen molar-refractivity contribution in [2.45, 2.75) is 20.3 Å². The Labute approximate surface area is 126 Å². The first-order valence-electron chi connectivity index (χ1n) is 7.25. The average molecular weight is 283 g/mol. The molecule has 3 nitrogen and oxygen atoms in total. The lowest BCUT2D eigenvalue weighted by Crippen LogP contribution is -2.35. The van der Waals surface area contributed by atoms with Gasteiger partial charge < -0.3 is 9.64 Å². The molecule has 2 aromatic carbocycles. The minimum absolute atomic E-state index is 0.0219. The number of rotatable bonds is 6. The van der Waals surface area contributed by atoms with Gasteiger partial charge in [0.2, 0.25) is 0 Å². The summed E-state index contributed by atoms with van der Waals surface area (Å²) >= 11 is 0. The molecule has 21 heavy (non-hydrogen) atoms. The summed E-state index contributed by atoms with van der Waals surface area (Å²) < 4.78 is 5.56. The highest BCUT2D eigenvalue weighted by molar-refractivity contribution is 5.94. The van der Waals surface area contributed by atoms with Gasteiger partial charge in [-0.05, 0) is 43.2 Å². The molecule has 0 aliphatic carbocycles. The molecular formula is C18H21NO2. The minimum atomic E-state index is -0.0219. The number of para-hydroxylation sites is 1. The highest BCUT2D eigenvalue weighted by Crippen LogP contribution is 2.17. The predicted molar refractivity (Wildman–Crippen MR) is 85.8 cm³/mol. The lowest BCUT2D eigenvalue weighted by Gasteiger charge is -2.22. The molecule has 3 heteroatoms. The second-order valence-electron chi connectivity index (χ2n) is 4.99. The van der Waals surface area contributed by atoms with Crippen molar-refractivity contribution in [2.24, 2.45) is 0 Å². The highest BCUT2D eigenvalue weighted by atomic mass is 16.5. The smallest absolute Gasteiger partial charge is 0.264 e. The van der Waals surface area contributed by atoms with Crippen LogP contribution in [0.4, 0.5) is 5.69 Å². The molecule has 0 aromatic heterocycles. The van der Waals surface area contributed by atoms with Crippen LogP contribution >= 0.6 is 0 Å². The van der Waals surface area contributed by atoms with Gasteiger partial charge in [-0.15, -0.1) is 0 Å². The van der Waals surface area contributed by atoms with Gasteiger partial charge in [-0.1, -0.05) is 37.3 Å². The van der Waals surface area contributed by atoms with Crippen LogP contribution in [-0.4, -0.2) is 19.1 Å². The molecule has 2 rings (SSSR count). The Morgan fingerprint density at radius 2 is 1.86 bits per heavy atom. The fourth-order valence-electron chi connectivity index (χ4n) is 2.16. The fourth-order valence-corrected chi connectivity index (χ4v) is 2.16. The summed E-state index contributed by atoms with van der Waals surface area (Å²) in [5, 5.41) is 0. The number of benzene rings is 2. The van der Waals surface area contributed by atoms with Crippen LogP contribution in [0.1, 0.15) is 18.9 Å². The van der Waals surface area contributed by atoms with Crippen molar-refractivity contribution in [3.05, 3.63) is 60.2 Å². The van der Waals surface area contributed by atoms with Crippen LogP contribution in [-0.2, 0) is 4.79 Å². The summed E-state index contributed by atoms with van der Waals surface area (Å²) in [6, 6.07) is 17.4. The quantitative estimate of drug-likeness (QED) is 0.806. The standard InChI is InChI=1S/C18H21NO2/c1-3-12-19(16-9-7-8-15(2)13-16)18(20)14-21-17-10-5-4-6-11-17/h4-11,13H,3,12,14H2,1-2H3. The number of carbonyl (C=O) groups is 1. The van der Waals surface area contributed by atoms with Gasteiger partial charge in [0.25, 0.3) is 5.91 Å². The number of aryl methyl sites for hydroxylation is 1. The zero-order chi connectivity index (χ0) is 15.1. The SMILES string of the molecule is CCCN(C(=O)COc1ccccc1)c1cccc(C)c1. The Morgan fingerprint density at radius 1 is 1.10 bits per heavy atom. The summed E-state index contributed by atoms with van der Waals surface area (Å²) in [6.45, 7) is 4.84. The van der Waals surface area contributed by atoms with E-state index >= 15 is 0 Å². The van der Waals surface area contributed by atoms with Crippen LogP contribution in [0.3, 0.4) is 0 Å². The average Bonchev–Trinajstić information content (AvgIpc) is 2.51. The maximum Gasteiger partial charge on any atom is 0.264 e. The summed E-state index contributed by atoms with van der Waals surface area (Å²) in [7, 11) is 0. The molecule has 110 valence electrons. The Morgan fingerprint density at radius 3 is 2.52 bits per heavy atom. The van der Waals surface area contributed by atoms with Gasteiger partial charge in [-0.25, -0.2) is 0 Å². The molecule has 0 heterocycles. The largest absolute Gasteiger partial charge is 0.484 e. The molecular weight excluding hydrogens is 262 g/mol. The van der Waals surface area contributed by atoms with Gasteiger partial charge >= 0.3 is 0 Å². The number of ether oxygens (including phenoxy) is 1. The van der Waals surface area contributed by atoms with Crippen molar-refractivity contribution in [3.8, 4) is 5.75 Å².